The van der Waals surface area contributed by atoms with E-state index in [2.05, 4.69) is 34.5 Å². The van der Waals surface area contributed by atoms with Crippen LogP contribution in [-0.2, 0) is 0 Å². The predicted octanol–water partition coefficient (Wildman–Crippen LogP) is 3.23. The molecule has 2 N–H and O–H groups in total. The number of nitrogens with one attached hydrogen (secondary N) is 2. The minimum atomic E-state index is 0. The van der Waals surface area contributed by atoms with E-state index in [1.165, 1.54) is 0 Å². The van der Waals surface area contributed by atoms with Crippen LogP contribution in [0, 0.1) is 18.3 Å². The van der Waals surface area contributed by atoms with Gasteiger partial charge in [0.2, 0.25) is 0 Å². The van der Waals surface area contributed by atoms with Crippen molar-refractivity contribution in [1.82, 2.24) is 10.6 Å². The number of nitrogens with zero attached hydrogens (tertiary/aromatic N) is 1. The lowest BCUT2D eigenvalue weighted by Gasteiger charge is -2.13. The quantitative estimate of drug-likeness (QED) is 0.211. The standard InChI is InChI=1S/C17H25N3OS.HI/c1-5-11-19-17(18-6-2)20-12-14(3)13-22-16-10-8-7-9-15(16)21-4;/h1,7-10,14H,6,11-13H2,2-4H3,(H2,18,19,20);1H. The summed E-state index contributed by atoms with van der Waals surface area (Å²) < 4.78 is 5.36. The molecule has 128 valence electrons. The molecule has 0 amide bonds. The number of methoxy groups -OCH3 is 1. The number of halogens is 1. The van der Waals surface area contributed by atoms with Crippen LogP contribution in [0.2, 0.25) is 0 Å². The average Bonchev–Trinajstić information content (AvgIpc) is 2.55. The van der Waals surface area contributed by atoms with Crippen LogP contribution in [0.25, 0.3) is 0 Å². The van der Waals surface area contributed by atoms with Crippen LogP contribution in [0.3, 0.4) is 0 Å². The molecular formula is C17H26IN3OS. The van der Waals surface area contributed by atoms with Crippen LogP contribution < -0.4 is 15.4 Å². The Balaban J connectivity index is 0.00000484. The number of benzene rings is 1. The Morgan fingerprint density at radius 2 is 2.13 bits per heavy atom. The van der Waals surface area contributed by atoms with E-state index in [4.69, 9.17) is 11.2 Å². The van der Waals surface area contributed by atoms with Crippen molar-refractivity contribution in [3.05, 3.63) is 24.3 Å². The summed E-state index contributed by atoms with van der Waals surface area (Å²) in [6, 6.07) is 8.08. The monoisotopic (exact) mass is 447 g/mol. The van der Waals surface area contributed by atoms with E-state index >= 15 is 0 Å². The fourth-order valence-electron chi connectivity index (χ4n) is 1.75. The lowest BCUT2D eigenvalue weighted by Crippen LogP contribution is -2.37. The summed E-state index contributed by atoms with van der Waals surface area (Å²) in [5.41, 5.74) is 0. The normalized spacial score (nSPS) is 11.8. The predicted molar refractivity (Wildman–Crippen MR) is 111 cm³/mol. The number of aliphatic imine (C=N–C) groups is 1. The van der Waals surface area contributed by atoms with Gasteiger partial charge >= 0.3 is 0 Å². The summed E-state index contributed by atoms with van der Waals surface area (Å²) in [5.74, 6) is 5.69. The van der Waals surface area contributed by atoms with Gasteiger partial charge in [0.1, 0.15) is 5.75 Å². The second-order valence-electron chi connectivity index (χ2n) is 4.84. The molecule has 0 aliphatic carbocycles. The molecular weight excluding hydrogens is 421 g/mol. The maximum absolute atomic E-state index is 5.36. The molecule has 23 heavy (non-hydrogen) atoms. The van der Waals surface area contributed by atoms with Crippen LogP contribution in [-0.4, -0.2) is 38.5 Å². The molecule has 0 aromatic heterocycles. The van der Waals surface area contributed by atoms with Gasteiger partial charge in [0.15, 0.2) is 5.96 Å². The zero-order valence-electron chi connectivity index (χ0n) is 14.0. The van der Waals surface area contributed by atoms with Gasteiger partial charge in [-0.05, 0) is 25.0 Å². The van der Waals surface area contributed by atoms with Gasteiger partial charge < -0.3 is 15.4 Å². The van der Waals surface area contributed by atoms with E-state index in [0.29, 0.717) is 12.5 Å². The zero-order chi connectivity index (χ0) is 16.2. The number of terminal acetylenes is 1. The molecule has 6 heteroatoms. The third-order valence-electron chi connectivity index (χ3n) is 2.86. The molecule has 1 aromatic rings. The smallest absolute Gasteiger partial charge is 0.192 e. The number of ether oxygens (including phenoxy) is 1. The lowest BCUT2D eigenvalue weighted by molar-refractivity contribution is 0.405. The SMILES string of the molecule is C#CCNC(=NCC(C)CSc1ccccc1OC)NCC.I. The van der Waals surface area contributed by atoms with Gasteiger partial charge in [-0.2, -0.15) is 0 Å². The topological polar surface area (TPSA) is 45.7 Å². The Labute approximate surface area is 161 Å². The Morgan fingerprint density at radius 3 is 2.78 bits per heavy atom. The van der Waals surface area contributed by atoms with E-state index in [-0.39, 0.29) is 24.0 Å². The van der Waals surface area contributed by atoms with Crippen molar-refractivity contribution < 1.29 is 4.74 Å². The molecule has 0 heterocycles. The Kier molecular flexibility index (Phi) is 12.8. The highest BCUT2D eigenvalue weighted by Crippen LogP contribution is 2.29. The molecule has 0 saturated carbocycles. The molecule has 0 radical (unpaired) electrons. The van der Waals surface area contributed by atoms with E-state index in [1.54, 1.807) is 18.9 Å². The van der Waals surface area contributed by atoms with E-state index in [9.17, 15) is 0 Å². The zero-order valence-corrected chi connectivity index (χ0v) is 17.1. The molecule has 1 atom stereocenters. The van der Waals surface area contributed by atoms with Gasteiger partial charge in [-0.15, -0.1) is 42.2 Å². The molecule has 1 rings (SSSR count). The molecule has 1 aromatic carbocycles. The maximum atomic E-state index is 5.36. The van der Waals surface area contributed by atoms with Crippen molar-refractivity contribution in [1.29, 1.82) is 0 Å². The summed E-state index contributed by atoms with van der Waals surface area (Å²) in [6.07, 6.45) is 5.26. The minimum absolute atomic E-state index is 0. The van der Waals surface area contributed by atoms with Crippen molar-refractivity contribution in [2.75, 3.05) is 32.5 Å². The van der Waals surface area contributed by atoms with Crippen molar-refractivity contribution in [3.63, 3.8) is 0 Å². The van der Waals surface area contributed by atoms with E-state index < -0.39 is 0 Å². The maximum Gasteiger partial charge on any atom is 0.192 e. The number of hydrogen-bond acceptors (Lipinski definition) is 3. The molecule has 0 saturated heterocycles. The minimum Gasteiger partial charge on any atom is -0.496 e. The fourth-order valence-corrected chi connectivity index (χ4v) is 2.78. The molecule has 0 bridgehead atoms. The van der Waals surface area contributed by atoms with Gasteiger partial charge in [-0.3, -0.25) is 4.99 Å². The number of para-hydroxylation sites is 1. The number of guanidine groups is 1. The molecule has 4 nitrogen and oxygen atoms in total. The fraction of sp³-hybridized carbons (Fsp3) is 0.471. The highest BCUT2D eigenvalue weighted by Gasteiger charge is 2.07. The third-order valence-corrected chi connectivity index (χ3v) is 4.24. The second-order valence-corrected chi connectivity index (χ2v) is 5.91. The first kappa shape index (κ1) is 21.9. The van der Waals surface area contributed by atoms with Crippen LogP contribution in [0.5, 0.6) is 5.75 Å². The van der Waals surface area contributed by atoms with Gasteiger partial charge in [0.25, 0.3) is 0 Å². The van der Waals surface area contributed by atoms with E-state index in [1.807, 2.05) is 25.1 Å². The molecule has 0 fully saturated rings. The number of rotatable bonds is 8. The van der Waals surface area contributed by atoms with Crippen molar-refractivity contribution in [2.24, 2.45) is 10.9 Å². The summed E-state index contributed by atoms with van der Waals surface area (Å²) in [4.78, 5) is 5.73. The average molecular weight is 447 g/mol. The van der Waals surface area contributed by atoms with Crippen molar-refractivity contribution in [3.8, 4) is 18.1 Å². The summed E-state index contributed by atoms with van der Waals surface area (Å²) in [7, 11) is 1.70. The summed E-state index contributed by atoms with van der Waals surface area (Å²) in [5, 5.41) is 6.28. The van der Waals surface area contributed by atoms with Gasteiger partial charge in [0.05, 0.1) is 13.7 Å². The van der Waals surface area contributed by atoms with Crippen molar-refractivity contribution >= 4 is 41.7 Å². The van der Waals surface area contributed by atoms with Crippen LogP contribution >= 0.6 is 35.7 Å². The number of hydrogen-bond donors (Lipinski definition) is 2. The first-order valence-corrected chi connectivity index (χ1v) is 8.41. The van der Waals surface area contributed by atoms with Crippen LogP contribution in [0.4, 0.5) is 0 Å². The molecule has 0 aliphatic rings. The molecule has 0 aliphatic heterocycles. The first-order valence-electron chi connectivity index (χ1n) is 7.42. The van der Waals surface area contributed by atoms with Gasteiger partial charge in [0, 0.05) is 23.7 Å². The highest BCUT2D eigenvalue weighted by atomic mass is 127. The molecule has 0 spiro atoms. The molecule has 1 unspecified atom stereocenters. The van der Waals surface area contributed by atoms with Gasteiger partial charge in [-0.1, -0.05) is 25.0 Å². The summed E-state index contributed by atoms with van der Waals surface area (Å²) >= 11 is 1.80. The Morgan fingerprint density at radius 1 is 1.39 bits per heavy atom. The third kappa shape index (κ3) is 8.96. The van der Waals surface area contributed by atoms with Crippen LogP contribution in [0.15, 0.2) is 34.2 Å². The lowest BCUT2D eigenvalue weighted by atomic mass is 10.2. The Hall–Kier alpha value is -1.07. The van der Waals surface area contributed by atoms with Gasteiger partial charge in [-0.25, -0.2) is 0 Å². The summed E-state index contributed by atoms with van der Waals surface area (Å²) in [6.45, 7) is 6.28. The number of thioether (sulfide) groups is 1. The second kappa shape index (κ2) is 13.4. The highest BCUT2D eigenvalue weighted by molar-refractivity contribution is 14.0. The van der Waals surface area contributed by atoms with E-state index in [0.717, 1.165) is 35.4 Å². The first-order chi connectivity index (χ1) is 10.7. The van der Waals surface area contributed by atoms with Crippen molar-refractivity contribution in [2.45, 2.75) is 18.7 Å². The van der Waals surface area contributed by atoms with Crippen LogP contribution in [0.1, 0.15) is 13.8 Å². The Bertz CT molecular complexity index is 517. The largest absolute Gasteiger partial charge is 0.496 e.